The van der Waals surface area contributed by atoms with Crippen molar-refractivity contribution in [2.75, 3.05) is 39.3 Å². The van der Waals surface area contributed by atoms with Gasteiger partial charge in [0.15, 0.2) is 0 Å². The highest BCUT2D eigenvalue weighted by molar-refractivity contribution is 6.30. The van der Waals surface area contributed by atoms with E-state index in [0.29, 0.717) is 17.1 Å². The molecule has 188 valence electrons. The van der Waals surface area contributed by atoms with E-state index in [-0.39, 0.29) is 11.9 Å². The molecule has 0 N–H and O–H groups in total. The van der Waals surface area contributed by atoms with Gasteiger partial charge in [0.1, 0.15) is 5.75 Å². The van der Waals surface area contributed by atoms with Crippen molar-refractivity contribution in [1.82, 2.24) is 14.7 Å². The summed E-state index contributed by atoms with van der Waals surface area (Å²) in [4.78, 5) is 20.3. The molecule has 0 saturated carbocycles. The van der Waals surface area contributed by atoms with Gasteiger partial charge in [-0.2, -0.15) is 0 Å². The van der Waals surface area contributed by atoms with Crippen LogP contribution < -0.4 is 4.74 Å². The molecule has 5 rings (SSSR count). The fraction of sp³-hybridized carbons (Fsp3) is 0.552. The summed E-state index contributed by atoms with van der Waals surface area (Å²) in [5.41, 5.74) is 4.67. The van der Waals surface area contributed by atoms with E-state index in [9.17, 15) is 4.79 Å². The molecule has 3 fully saturated rings. The fourth-order valence-electron chi connectivity index (χ4n) is 6.26. The second-order valence-corrected chi connectivity index (χ2v) is 11.0. The highest BCUT2D eigenvalue weighted by Crippen LogP contribution is 2.39. The first-order chi connectivity index (χ1) is 16.9. The SMILES string of the molecule is Cc1c(OCCCN2CCCC2)ccc([C@H](C)N2C[C@@H]3C[C@H]2CN3C(=O)c2ccc(Cl)cc2)c1C. The Hall–Kier alpha value is -2.08. The van der Waals surface area contributed by atoms with Gasteiger partial charge >= 0.3 is 0 Å². The van der Waals surface area contributed by atoms with Crippen molar-refractivity contribution in [3.05, 3.63) is 63.7 Å². The summed E-state index contributed by atoms with van der Waals surface area (Å²) in [5, 5.41) is 0.661. The molecule has 0 radical (unpaired) electrons. The highest BCUT2D eigenvalue weighted by Gasteiger charge is 2.47. The average molecular weight is 496 g/mol. The summed E-state index contributed by atoms with van der Waals surface area (Å²) < 4.78 is 6.18. The van der Waals surface area contributed by atoms with E-state index in [0.717, 1.165) is 50.4 Å². The van der Waals surface area contributed by atoms with Gasteiger partial charge in [0, 0.05) is 48.3 Å². The lowest BCUT2D eigenvalue weighted by atomic mass is 9.96. The van der Waals surface area contributed by atoms with Crippen LogP contribution in [0.4, 0.5) is 0 Å². The Balaban J connectivity index is 1.18. The smallest absolute Gasteiger partial charge is 0.254 e. The number of hydrogen-bond acceptors (Lipinski definition) is 4. The first-order valence-corrected chi connectivity index (χ1v) is 13.6. The molecule has 0 aliphatic carbocycles. The van der Waals surface area contributed by atoms with Crippen LogP contribution in [0.25, 0.3) is 0 Å². The number of fused-ring (bicyclic) bond motifs is 2. The maximum absolute atomic E-state index is 13.1. The molecule has 3 aliphatic heterocycles. The molecular weight excluding hydrogens is 458 g/mol. The van der Waals surface area contributed by atoms with Gasteiger partial charge in [-0.1, -0.05) is 17.7 Å². The third kappa shape index (κ3) is 5.09. The van der Waals surface area contributed by atoms with E-state index in [1.54, 1.807) is 12.1 Å². The Kier molecular flexibility index (Phi) is 7.38. The first-order valence-electron chi connectivity index (χ1n) is 13.2. The van der Waals surface area contributed by atoms with Gasteiger partial charge in [-0.05, 0) is 107 Å². The fourth-order valence-corrected chi connectivity index (χ4v) is 6.39. The van der Waals surface area contributed by atoms with Gasteiger partial charge in [0.25, 0.3) is 5.91 Å². The number of halogens is 1. The number of piperazine rings is 1. The Morgan fingerprint density at radius 1 is 1.03 bits per heavy atom. The molecule has 0 spiro atoms. The quantitative estimate of drug-likeness (QED) is 0.454. The van der Waals surface area contributed by atoms with E-state index in [1.807, 2.05) is 12.1 Å². The molecule has 1 amide bonds. The number of benzene rings is 2. The normalized spacial score (nSPS) is 23.3. The molecule has 2 bridgehead atoms. The van der Waals surface area contributed by atoms with Crippen LogP contribution in [-0.2, 0) is 0 Å². The minimum atomic E-state index is 0.125. The van der Waals surface area contributed by atoms with Gasteiger partial charge in [0.05, 0.1) is 6.61 Å². The number of amides is 1. The van der Waals surface area contributed by atoms with Crippen LogP contribution in [0.5, 0.6) is 5.75 Å². The van der Waals surface area contributed by atoms with Crippen LogP contribution in [0, 0.1) is 13.8 Å². The number of nitrogens with zero attached hydrogens (tertiary/aromatic N) is 3. The summed E-state index contributed by atoms with van der Waals surface area (Å²) in [6, 6.07) is 12.7. The Morgan fingerprint density at radius 2 is 1.77 bits per heavy atom. The summed E-state index contributed by atoms with van der Waals surface area (Å²) in [7, 11) is 0. The third-order valence-electron chi connectivity index (χ3n) is 8.44. The lowest BCUT2D eigenvalue weighted by Gasteiger charge is -2.38. The van der Waals surface area contributed by atoms with Gasteiger partial charge in [0.2, 0.25) is 0 Å². The van der Waals surface area contributed by atoms with Gasteiger partial charge in [-0.15, -0.1) is 0 Å². The third-order valence-corrected chi connectivity index (χ3v) is 8.69. The van der Waals surface area contributed by atoms with Crippen molar-refractivity contribution in [1.29, 1.82) is 0 Å². The number of rotatable bonds is 8. The minimum Gasteiger partial charge on any atom is -0.493 e. The summed E-state index contributed by atoms with van der Waals surface area (Å²) in [5.74, 6) is 1.14. The lowest BCUT2D eigenvalue weighted by molar-refractivity contribution is 0.0569. The average Bonchev–Trinajstić information content (AvgIpc) is 3.62. The van der Waals surface area contributed by atoms with Crippen molar-refractivity contribution in [2.24, 2.45) is 0 Å². The number of hydrogen-bond donors (Lipinski definition) is 0. The van der Waals surface area contributed by atoms with E-state index < -0.39 is 0 Å². The highest BCUT2D eigenvalue weighted by atomic mass is 35.5. The van der Waals surface area contributed by atoms with Crippen LogP contribution >= 0.6 is 11.6 Å². The van der Waals surface area contributed by atoms with Crippen molar-refractivity contribution < 1.29 is 9.53 Å². The summed E-state index contributed by atoms with van der Waals surface area (Å²) in [6.07, 6.45) is 4.82. The molecule has 5 nitrogen and oxygen atoms in total. The maximum atomic E-state index is 13.1. The molecular formula is C29H38ClN3O2. The topological polar surface area (TPSA) is 36.0 Å². The molecule has 6 heteroatoms. The van der Waals surface area contributed by atoms with Crippen LogP contribution in [0.3, 0.4) is 0 Å². The Labute approximate surface area is 215 Å². The molecule has 0 unspecified atom stereocenters. The molecule has 2 aromatic rings. The molecule has 0 aromatic heterocycles. The van der Waals surface area contributed by atoms with E-state index in [1.165, 1.54) is 42.6 Å². The molecule has 3 atom stereocenters. The number of ether oxygens (including phenoxy) is 1. The monoisotopic (exact) mass is 495 g/mol. The van der Waals surface area contributed by atoms with Crippen LogP contribution in [-0.4, -0.2) is 72.0 Å². The zero-order valence-electron chi connectivity index (χ0n) is 21.3. The Bertz CT molecular complexity index is 1050. The molecule has 3 saturated heterocycles. The largest absolute Gasteiger partial charge is 0.493 e. The van der Waals surface area contributed by atoms with Crippen LogP contribution in [0.15, 0.2) is 36.4 Å². The van der Waals surface area contributed by atoms with Crippen LogP contribution in [0.1, 0.15) is 65.7 Å². The minimum absolute atomic E-state index is 0.125. The number of carbonyl (C=O) groups is 1. The molecule has 35 heavy (non-hydrogen) atoms. The number of likely N-dealkylation sites (tertiary alicyclic amines) is 3. The van der Waals surface area contributed by atoms with E-state index in [4.69, 9.17) is 16.3 Å². The molecule has 3 aliphatic rings. The number of carbonyl (C=O) groups excluding carboxylic acids is 1. The predicted molar refractivity (Wildman–Crippen MR) is 142 cm³/mol. The summed E-state index contributed by atoms with van der Waals surface area (Å²) in [6.45, 7) is 12.9. The first kappa shape index (κ1) is 24.6. The van der Waals surface area contributed by atoms with Gasteiger partial charge < -0.3 is 14.5 Å². The molecule has 2 aromatic carbocycles. The second kappa shape index (κ2) is 10.5. The predicted octanol–water partition coefficient (Wildman–Crippen LogP) is 5.48. The van der Waals surface area contributed by atoms with Gasteiger partial charge in [-0.25, -0.2) is 0 Å². The lowest BCUT2D eigenvalue weighted by Crippen LogP contribution is -2.49. The van der Waals surface area contributed by atoms with Gasteiger partial charge in [-0.3, -0.25) is 9.69 Å². The van der Waals surface area contributed by atoms with Crippen molar-refractivity contribution >= 4 is 17.5 Å². The zero-order valence-corrected chi connectivity index (χ0v) is 22.1. The van der Waals surface area contributed by atoms with E-state index >= 15 is 0 Å². The molecule has 3 heterocycles. The second-order valence-electron chi connectivity index (χ2n) is 10.5. The zero-order chi connectivity index (χ0) is 24.5. The van der Waals surface area contributed by atoms with Crippen molar-refractivity contribution in [2.45, 2.75) is 64.6 Å². The van der Waals surface area contributed by atoms with Crippen molar-refractivity contribution in [3.8, 4) is 5.75 Å². The van der Waals surface area contributed by atoms with Crippen LogP contribution in [0.2, 0.25) is 5.02 Å². The standard InChI is InChI=1S/C29H38ClN3O2/c1-20-21(2)28(35-16-6-15-31-13-4-5-14-31)12-11-27(20)22(3)32-18-26-17-25(32)19-33(26)29(34)23-7-9-24(30)10-8-23/h7-12,22,25-26H,4-6,13-19H2,1-3H3/t22-,25-,26-/m0/s1. The maximum Gasteiger partial charge on any atom is 0.254 e. The van der Waals surface area contributed by atoms with Crippen molar-refractivity contribution in [3.63, 3.8) is 0 Å². The summed E-state index contributed by atoms with van der Waals surface area (Å²) >= 11 is 6.00. The van der Waals surface area contributed by atoms with E-state index in [2.05, 4.69) is 47.6 Å². The Morgan fingerprint density at radius 3 is 2.46 bits per heavy atom.